The van der Waals surface area contributed by atoms with Gasteiger partial charge in [-0.05, 0) is 36.2 Å². The molecule has 126 valence electrons. The van der Waals surface area contributed by atoms with Gasteiger partial charge in [0.15, 0.2) is 0 Å². The molecule has 0 unspecified atom stereocenters. The monoisotopic (exact) mass is 344 g/mol. The first kappa shape index (κ1) is 16.7. The third kappa shape index (κ3) is 4.01. The normalized spacial score (nSPS) is 14.7. The largest absolute Gasteiger partial charge is 0.506 e. The molecule has 0 atom stereocenters. The minimum atomic E-state index is 0.0729. The summed E-state index contributed by atoms with van der Waals surface area (Å²) in [5, 5.41) is 9.76. The number of carbonyl (C=O) groups is 1. The zero-order valence-corrected chi connectivity index (χ0v) is 14.2. The lowest BCUT2D eigenvalue weighted by Crippen LogP contribution is -2.48. The molecular weight excluding hydrogens is 324 g/mol. The molecule has 0 spiro atoms. The number of phenols is 1. The fraction of sp³-hybridized carbons (Fsp3) is 0.316. The Hall–Kier alpha value is -2.20. The summed E-state index contributed by atoms with van der Waals surface area (Å²) in [4.78, 5) is 16.6. The molecule has 1 aliphatic heterocycles. The Morgan fingerprint density at radius 3 is 2.42 bits per heavy atom. The summed E-state index contributed by atoms with van der Waals surface area (Å²) in [5.74, 6) is 0.246. The third-order valence-corrected chi connectivity index (χ3v) is 4.70. The predicted octanol–water partition coefficient (Wildman–Crippen LogP) is 3.33. The summed E-state index contributed by atoms with van der Waals surface area (Å²) in [6.45, 7) is 3.23. The Kier molecular flexibility index (Phi) is 5.26. The standard InChI is InChI=1S/C19H21ClN2O2/c20-17-14-15(6-8-18(17)23)7-9-19(24)22-12-10-21(11-13-22)16-4-2-1-3-5-16/h1-6,8,14,23H,7,9-13H2. The summed E-state index contributed by atoms with van der Waals surface area (Å²) in [5.41, 5.74) is 2.18. The third-order valence-electron chi connectivity index (χ3n) is 4.39. The highest BCUT2D eigenvalue weighted by Gasteiger charge is 2.20. The number of piperazine rings is 1. The molecule has 4 nitrogen and oxygen atoms in total. The maximum Gasteiger partial charge on any atom is 0.223 e. The molecule has 0 radical (unpaired) electrons. The van der Waals surface area contributed by atoms with Gasteiger partial charge < -0.3 is 14.9 Å². The number of hydrogen-bond donors (Lipinski definition) is 1. The van der Waals surface area contributed by atoms with Crippen LogP contribution in [0.2, 0.25) is 5.02 Å². The number of hydrogen-bond acceptors (Lipinski definition) is 3. The number of para-hydroxylation sites is 1. The van der Waals surface area contributed by atoms with Crippen LogP contribution in [0.4, 0.5) is 5.69 Å². The van der Waals surface area contributed by atoms with Crippen LogP contribution in [-0.4, -0.2) is 42.1 Å². The van der Waals surface area contributed by atoms with Gasteiger partial charge in [0.1, 0.15) is 5.75 Å². The highest BCUT2D eigenvalue weighted by Crippen LogP contribution is 2.24. The first-order chi connectivity index (χ1) is 11.6. The van der Waals surface area contributed by atoms with Gasteiger partial charge in [0, 0.05) is 38.3 Å². The molecule has 1 saturated heterocycles. The van der Waals surface area contributed by atoms with Gasteiger partial charge in [0.25, 0.3) is 0 Å². The van der Waals surface area contributed by atoms with Crippen LogP contribution in [0.15, 0.2) is 48.5 Å². The van der Waals surface area contributed by atoms with Gasteiger partial charge in [0.2, 0.25) is 5.91 Å². The Morgan fingerprint density at radius 1 is 1.04 bits per heavy atom. The first-order valence-corrected chi connectivity index (χ1v) is 8.56. The first-order valence-electron chi connectivity index (χ1n) is 8.18. The van der Waals surface area contributed by atoms with E-state index in [1.54, 1.807) is 12.1 Å². The van der Waals surface area contributed by atoms with Crippen molar-refractivity contribution >= 4 is 23.2 Å². The SMILES string of the molecule is O=C(CCc1ccc(O)c(Cl)c1)N1CCN(c2ccccc2)CC1. The molecule has 0 aromatic heterocycles. The van der Waals surface area contributed by atoms with E-state index in [0.29, 0.717) is 17.9 Å². The Balaban J connectivity index is 1.49. The lowest BCUT2D eigenvalue weighted by atomic mass is 10.1. The second kappa shape index (κ2) is 7.58. The smallest absolute Gasteiger partial charge is 0.223 e. The minimum absolute atomic E-state index is 0.0729. The van der Waals surface area contributed by atoms with Crippen molar-refractivity contribution in [2.75, 3.05) is 31.1 Å². The molecule has 0 saturated carbocycles. The minimum Gasteiger partial charge on any atom is -0.506 e. The number of aryl methyl sites for hydroxylation is 1. The Morgan fingerprint density at radius 2 is 1.75 bits per heavy atom. The Bertz CT molecular complexity index is 698. The van der Waals surface area contributed by atoms with Gasteiger partial charge in [0.05, 0.1) is 5.02 Å². The highest BCUT2D eigenvalue weighted by molar-refractivity contribution is 6.32. The molecule has 5 heteroatoms. The van der Waals surface area contributed by atoms with E-state index < -0.39 is 0 Å². The van der Waals surface area contributed by atoms with Gasteiger partial charge in [-0.15, -0.1) is 0 Å². The second-order valence-electron chi connectivity index (χ2n) is 5.99. The van der Waals surface area contributed by atoms with Crippen LogP contribution in [0, 0.1) is 0 Å². The maximum absolute atomic E-state index is 12.4. The molecule has 1 heterocycles. The maximum atomic E-state index is 12.4. The van der Waals surface area contributed by atoms with Crippen LogP contribution in [-0.2, 0) is 11.2 Å². The average Bonchev–Trinajstić information content (AvgIpc) is 2.63. The van der Waals surface area contributed by atoms with Crippen molar-refractivity contribution in [2.24, 2.45) is 0 Å². The van der Waals surface area contributed by atoms with Gasteiger partial charge in [-0.25, -0.2) is 0 Å². The van der Waals surface area contributed by atoms with Crippen LogP contribution < -0.4 is 4.90 Å². The number of amides is 1. The molecular formula is C19H21ClN2O2. The molecule has 3 rings (SSSR count). The van der Waals surface area contributed by atoms with Crippen LogP contribution in [0.25, 0.3) is 0 Å². The number of anilines is 1. The van der Waals surface area contributed by atoms with Crippen molar-refractivity contribution in [2.45, 2.75) is 12.8 Å². The number of rotatable bonds is 4. The van der Waals surface area contributed by atoms with Crippen LogP contribution in [0.5, 0.6) is 5.75 Å². The van der Waals surface area contributed by atoms with Crippen LogP contribution >= 0.6 is 11.6 Å². The van der Waals surface area contributed by atoms with E-state index >= 15 is 0 Å². The van der Waals surface area contributed by atoms with Gasteiger partial charge in [-0.1, -0.05) is 35.9 Å². The zero-order chi connectivity index (χ0) is 16.9. The van der Waals surface area contributed by atoms with Crippen molar-refractivity contribution in [1.82, 2.24) is 4.90 Å². The average molecular weight is 345 g/mol. The lowest BCUT2D eigenvalue weighted by molar-refractivity contribution is -0.131. The van der Waals surface area contributed by atoms with E-state index in [9.17, 15) is 9.90 Å². The lowest BCUT2D eigenvalue weighted by Gasteiger charge is -2.36. The van der Waals surface area contributed by atoms with Crippen molar-refractivity contribution in [3.8, 4) is 5.75 Å². The van der Waals surface area contributed by atoms with E-state index in [4.69, 9.17) is 11.6 Å². The number of phenolic OH excluding ortho intramolecular Hbond substituents is 1. The fourth-order valence-electron chi connectivity index (χ4n) is 2.97. The number of aromatic hydroxyl groups is 1. The van der Waals surface area contributed by atoms with E-state index in [2.05, 4.69) is 17.0 Å². The zero-order valence-electron chi connectivity index (χ0n) is 13.5. The predicted molar refractivity (Wildman–Crippen MR) is 96.7 cm³/mol. The topological polar surface area (TPSA) is 43.8 Å². The van der Waals surface area contributed by atoms with Crippen LogP contribution in [0.3, 0.4) is 0 Å². The second-order valence-corrected chi connectivity index (χ2v) is 6.40. The molecule has 0 bridgehead atoms. The molecule has 2 aromatic carbocycles. The molecule has 1 fully saturated rings. The number of halogens is 1. The van der Waals surface area contributed by atoms with Crippen molar-refractivity contribution in [3.05, 3.63) is 59.1 Å². The number of nitrogens with zero attached hydrogens (tertiary/aromatic N) is 2. The van der Waals surface area contributed by atoms with Crippen LogP contribution in [0.1, 0.15) is 12.0 Å². The van der Waals surface area contributed by atoms with Crippen molar-refractivity contribution < 1.29 is 9.90 Å². The number of carbonyl (C=O) groups excluding carboxylic acids is 1. The van der Waals surface area contributed by atoms with E-state index in [-0.39, 0.29) is 11.7 Å². The molecule has 1 amide bonds. The molecule has 0 aliphatic carbocycles. The van der Waals surface area contributed by atoms with Crippen molar-refractivity contribution in [3.63, 3.8) is 0 Å². The molecule has 1 aliphatic rings. The quantitative estimate of drug-likeness (QED) is 0.925. The van der Waals surface area contributed by atoms with Gasteiger partial charge >= 0.3 is 0 Å². The summed E-state index contributed by atoms with van der Waals surface area (Å²) in [6, 6.07) is 15.4. The molecule has 1 N–H and O–H groups in total. The summed E-state index contributed by atoms with van der Waals surface area (Å²) in [6.07, 6.45) is 1.10. The molecule has 24 heavy (non-hydrogen) atoms. The summed E-state index contributed by atoms with van der Waals surface area (Å²) >= 11 is 5.90. The summed E-state index contributed by atoms with van der Waals surface area (Å²) in [7, 11) is 0. The van der Waals surface area contributed by atoms with E-state index in [1.165, 1.54) is 5.69 Å². The van der Waals surface area contributed by atoms with Crippen molar-refractivity contribution in [1.29, 1.82) is 0 Å². The van der Waals surface area contributed by atoms with Gasteiger partial charge in [-0.3, -0.25) is 4.79 Å². The fourth-order valence-corrected chi connectivity index (χ4v) is 3.17. The Labute approximate surface area is 147 Å². The number of benzene rings is 2. The molecule has 2 aromatic rings. The van der Waals surface area contributed by atoms with E-state index in [0.717, 1.165) is 31.7 Å². The van der Waals surface area contributed by atoms with Gasteiger partial charge in [-0.2, -0.15) is 0 Å². The highest BCUT2D eigenvalue weighted by atomic mass is 35.5. The van der Waals surface area contributed by atoms with E-state index in [1.807, 2.05) is 29.2 Å². The summed E-state index contributed by atoms with van der Waals surface area (Å²) < 4.78 is 0.